The van der Waals surface area contributed by atoms with Crippen LogP contribution >= 0.6 is 0 Å². The van der Waals surface area contributed by atoms with Gasteiger partial charge >= 0.3 is 0 Å². The van der Waals surface area contributed by atoms with Crippen LogP contribution in [0, 0.1) is 5.92 Å². The Labute approximate surface area is 191 Å². The molecule has 2 amide bonds. The van der Waals surface area contributed by atoms with E-state index in [1.54, 1.807) is 14.1 Å². The minimum Gasteiger partial charge on any atom is -0.356 e. The van der Waals surface area contributed by atoms with Gasteiger partial charge in [0, 0.05) is 71.4 Å². The number of carbonyl (C=O) groups is 2. The summed E-state index contributed by atoms with van der Waals surface area (Å²) >= 11 is 0. The first-order chi connectivity index (χ1) is 15.6. The Balaban J connectivity index is 1.31. The van der Waals surface area contributed by atoms with Crippen molar-refractivity contribution in [3.8, 4) is 0 Å². The number of carbonyl (C=O) groups excluding carboxylic acids is 2. The fourth-order valence-corrected chi connectivity index (χ4v) is 4.51. The molecule has 8 nitrogen and oxygen atoms in total. The Kier molecular flexibility index (Phi) is 9.34. The SMILES string of the molecule is CN=C(NCCc1cccc(C(=O)NC)c1)NCCN1CCN(C(=O)C2CCCC2)CC1. The first-order valence-electron chi connectivity index (χ1n) is 11.9. The summed E-state index contributed by atoms with van der Waals surface area (Å²) in [6.45, 7) is 6.04. The number of piperazine rings is 1. The van der Waals surface area contributed by atoms with Gasteiger partial charge in [-0.2, -0.15) is 0 Å². The van der Waals surface area contributed by atoms with Gasteiger partial charge in [-0.1, -0.05) is 25.0 Å². The van der Waals surface area contributed by atoms with Crippen LogP contribution in [0.5, 0.6) is 0 Å². The number of amides is 2. The molecule has 0 atom stereocenters. The number of hydrogen-bond acceptors (Lipinski definition) is 4. The third-order valence-electron chi connectivity index (χ3n) is 6.45. The lowest BCUT2D eigenvalue weighted by molar-refractivity contribution is -0.137. The minimum atomic E-state index is -0.0685. The van der Waals surface area contributed by atoms with Gasteiger partial charge in [0.25, 0.3) is 5.91 Å². The normalized spacial score (nSPS) is 17.9. The topological polar surface area (TPSA) is 89.1 Å². The Hall–Kier alpha value is -2.61. The van der Waals surface area contributed by atoms with E-state index in [-0.39, 0.29) is 11.8 Å². The predicted octanol–water partition coefficient (Wildman–Crippen LogP) is 1.09. The third kappa shape index (κ3) is 6.95. The van der Waals surface area contributed by atoms with E-state index in [9.17, 15) is 9.59 Å². The molecule has 0 unspecified atom stereocenters. The smallest absolute Gasteiger partial charge is 0.251 e. The molecule has 1 saturated heterocycles. The highest BCUT2D eigenvalue weighted by Gasteiger charge is 2.29. The lowest BCUT2D eigenvalue weighted by Crippen LogP contribution is -2.52. The molecule has 1 aromatic carbocycles. The Morgan fingerprint density at radius 3 is 2.47 bits per heavy atom. The number of hydrogen-bond donors (Lipinski definition) is 3. The van der Waals surface area contributed by atoms with E-state index < -0.39 is 0 Å². The average molecular weight is 443 g/mol. The Morgan fingerprint density at radius 1 is 1.06 bits per heavy atom. The molecule has 176 valence electrons. The molecule has 1 heterocycles. The highest BCUT2D eigenvalue weighted by molar-refractivity contribution is 5.94. The number of rotatable bonds is 8. The standard InChI is InChI=1S/C24H38N6O2/c1-25-22(31)21-9-5-6-19(18-21)10-11-27-24(26-2)28-12-13-29-14-16-30(17-15-29)23(32)20-7-3-4-8-20/h5-6,9,18,20H,3-4,7-8,10-17H2,1-2H3,(H,25,31)(H2,26,27,28). The van der Waals surface area contributed by atoms with Crippen LogP contribution in [0.2, 0.25) is 0 Å². The molecule has 8 heteroatoms. The second-order valence-corrected chi connectivity index (χ2v) is 8.60. The maximum atomic E-state index is 12.6. The molecule has 1 aliphatic carbocycles. The van der Waals surface area contributed by atoms with Crippen LogP contribution in [0.3, 0.4) is 0 Å². The molecular formula is C24H38N6O2. The summed E-state index contributed by atoms with van der Waals surface area (Å²) in [4.78, 5) is 33.1. The van der Waals surface area contributed by atoms with Gasteiger partial charge in [-0.25, -0.2) is 0 Å². The predicted molar refractivity (Wildman–Crippen MR) is 128 cm³/mol. The summed E-state index contributed by atoms with van der Waals surface area (Å²) < 4.78 is 0. The monoisotopic (exact) mass is 442 g/mol. The molecule has 3 N–H and O–H groups in total. The first kappa shape index (κ1) is 24.0. The second kappa shape index (κ2) is 12.4. The first-order valence-corrected chi connectivity index (χ1v) is 11.9. The van der Waals surface area contributed by atoms with Crippen molar-refractivity contribution in [2.24, 2.45) is 10.9 Å². The van der Waals surface area contributed by atoms with Gasteiger partial charge in [0.2, 0.25) is 5.91 Å². The molecule has 0 aromatic heterocycles. The van der Waals surface area contributed by atoms with Gasteiger partial charge in [-0.05, 0) is 37.0 Å². The highest BCUT2D eigenvalue weighted by Crippen LogP contribution is 2.26. The maximum absolute atomic E-state index is 12.6. The molecule has 0 radical (unpaired) electrons. The van der Waals surface area contributed by atoms with Gasteiger partial charge in [0.15, 0.2) is 5.96 Å². The van der Waals surface area contributed by atoms with Crippen molar-refractivity contribution in [3.63, 3.8) is 0 Å². The van der Waals surface area contributed by atoms with E-state index in [1.165, 1.54) is 12.8 Å². The Morgan fingerprint density at radius 2 is 1.78 bits per heavy atom. The van der Waals surface area contributed by atoms with Crippen LogP contribution in [-0.4, -0.2) is 87.5 Å². The van der Waals surface area contributed by atoms with Crippen LogP contribution in [0.4, 0.5) is 0 Å². The fourth-order valence-electron chi connectivity index (χ4n) is 4.51. The van der Waals surface area contributed by atoms with Crippen LogP contribution in [0.25, 0.3) is 0 Å². The van der Waals surface area contributed by atoms with E-state index in [1.807, 2.05) is 24.3 Å². The zero-order valence-electron chi connectivity index (χ0n) is 19.5. The summed E-state index contributed by atoms with van der Waals surface area (Å²) in [7, 11) is 3.41. The van der Waals surface area contributed by atoms with Gasteiger partial charge in [0.1, 0.15) is 0 Å². The average Bonchev–Trinajstić information content (AvgIpc) is 3.38. The zero-order valence-corrected chi connectivity index (χ0v) is 19.5. The zero-order chi connectivity index (χ0) is 22.8. The maximum Gasteiger partial charge on any atom is 0.251 e. The van der Waals surface area contributed by atoms with Crippen molar-refractivity contribution in [2.75, 3.05) is 59.9 Å². The van der Waals surface area contributed by atoms with Crippen LogP contribution < -0.4 is 16.0 Å². The lowest BCUT2D eigenvalue weighted by atomic mass is 10.1. The molecule has 2 aliphatic rings. The summed E-state index contributed by atoms with van der Waals surface area (Å²) in [5.74, 6) is 1.37. The molecule has 1 aliphatic heterocycles. The summed E-state index contributed by atoms with van der Waals surface area (Å²) in [6, 6.07) is 7.68. The molecule has 2 fully saturated rings. The van der Waals surface area contributed by atoms with Gasteiger partial charge in [0.05, 0.1) is 0 Å². The van der Waals surface area contributed by atoms with E-state index in [0.29, 0.717) is 11.5 Å². The fraction of sp³-hybridized carbons (Fsp3) is 0.625. The quantitative estimate of drug-likeness (QED) is 0.414. The Bertz CT molecular complexity index is 782. The molecular weight excluding hydrogens is 404 g/mol. The van der Waals surface area contributed by atoms with Gasteiger partial charge in [-0.15, -0.1) is 0 Å². The van der Waals surface area contributed by atoms with Crippen LogP contribution in [-0.2, 0) is 11.2 Å². The molecule has 0 bridgehead atoms. The van der Waals surface area contributed by atoms with Crippen molar-refractivity contribution >= 4 is 17.8 Å². The van der Waals surface area contributed by atoms with E-state index in [0.717, 1.165) is 76.6 Å². The summed E-state index contributed by atoms with van der Waals surface area (Å²) in [6.07, 6.45) is 5.38. The number of guanidine groups is 1. The van der Waals surface area contributed by atoms with Crippen LogP contribution in [0.1, 0.15) is 41.6 Å². The van der Waals surface area contributed by atoms with Crippen LogP contribution in [0.15, 0.2) is 29.3 Å². The summed E-state index contributed by atoms with van der Waals surface area (Å²) in [5.41, 5.74) is 1.79. The van der Waals surface area contributed by atoms with Crippen molar-refractivity contribution in [1.82, 2.24) is 25.8 Å². The van der Waals surface area contributed by atoms with Crippen molar-refractivity contribution < 1.29 is 9.59 Å². The third-order valence-corrected chi connectivity index (χ3v) is 6.45. The number of nitrogens with one attached hydrogen (secondary N) is 3. The van der Waals surface area contributed by atoms with Gasteiger partial charge in [-0.3, -0.25) is 19.5 Å². The highest BCUT2D eigenvalue weighted by atomic mass is 16.2. The van der Waals surface area contributed by atoms with Gasteiger partial charge < -0.3 is 20.9 Å². The summed E-state index contributed by atoms with van der Waals surface area (Å²) in [5, 5.41) is 9.37. The van der Waals surface area contributed by atoms with Crippen molar-refractivity contribution in [3.05, 3.63) is 35.4 Å². The van der Waals surface area contributed by atoms with E-state index in [2.05, 4.69) is 30.7 Å². The van der Waals surface area contributed by atoms with Crippen molar-refractivity contribution in [1.29, 1.82) is 0 Å². The number of benzene rings is 1. The van der Waals surface area contributed by atoms with E-state index >= 15 is 0 Å². The molecule has 32 heavy (non-hydrogen) atoms. The number of aliphatic imine (C=N–C) groups is 1. The minimum absolute atomic E-state index is 0.0685. The van der Waals surface area contributed by atoms with E-state index in [4.69, 9.17) is 0 Å². The van der Waals surface area contributed by atoms with Crippen molar-refractivity contribution in [2.45, 2.75) is 32.1 Å². The second-order valence-electron chi connectivity index (χ2n) is 8.60. The molecule has 1 saturated carbocycles. The lowest BCUT2D eigenvalue weighted by Gasteiger charge is -2.36. The molecule has 1 aromatic rings. The number of nitrogens with zero attached hydrogens (tertiary/aromatic N) is 3. The molecule has 0 spiro atoms. The molecule has 3 rings (SSSR count). The largest absolute Gasteiger partial charge is 0.356 e.